The lowest BCUT2D eigenvalue weighted by atomic mass is 10.2. The van der Waals surface area contributed by atoms with Gasteiger partial charge in [0.2, 0.25) is 5.78 Å². The summed E-state index contributed by atoms with van der Waals surface area (Å²) in [6.07, 6.45) is -2.01. The first kappa shape index (κ1) is 18.8. The van der Waals surface area contributed by atoms with E-state index in [1.807, 2.05) is 0 Å². The number of Topliss-reactive ketones (excluding diaryl/α,β-unsaturated/α-hetero) is 1. The number of amides is 2. The lowest BCUT2D eigenvalue weighted by molar-refractivity contribution is 0.0823. The van der Waals surface area contributed by atoms with Crippen molar-refractivity contribution in [1.82, 2.24) is 5.01 Å². The Hall–Kier alpha value is -2.52. The topological polar surface area (TPSA) is 85.3 Å². The Kier molecular flexibility index (Phi) is 6.84. The number of nitrogens with zero attached hydrogens (tertiary/aromatic N) is 2. The van der Waals surface area contributed by atoms with Gasteiger partial charge in [-0.2, -0.15) is 5.10 Å². The largest absolute Gasteiger partial charge is 0.448 e. The summed E-state index contributed by atoms with van der Waals surface area (Å²) in [5, 5.41) is 7.95. The fourth-order valence-electron chi connectivity index (χ4n) is 1.77. The Morgan fingerprint density at radius 1 is 0.960 bits per heavy atom. The van der Waals surface area contributed by atoms with Gasteiger partial charge in [-0.15, -0.1) is 22.7 Å². The number of carbonyl (C=O) groups excluding carboxylic acids is 3. The maximum absolute atomic E-state index is 12.8. The first-order valence-corrected chi connectivity index (χ1v) is 9.18. The molecule has 0 atom stereocenters. The van der Waals surface area contributed by atoms with Crippen LogP contribution in [0.5, 0.6) is 0 Å². The molecule has 0 aromatic carbocycles. The Morgan fingerprint density at radius 2 is 1.48 bits per heavy atom. The van der Waals surface area contributed by atoms with Gasteiger partial charge in [-0.3, -0.25) is 4.79 Å². The number of hydrazone groups is 1. The molecule has 0 saturated heterocycles. The van der Waals surface area contributed by atoms with E-state index in [-0.39, 0.29) is 18.9 Å². The van der Waals surface area contributed by atoms with Crippen LogP contribution in [0, 0.1) is 0 Å². The Morgan fingerprint density at radius 3 is 1.92 bits per heavy atom. The Bertz CT molecular complexity index is 736. The van der Waals surface area contributed by atoms with Crippen LogP contribution in [0.2, 0.25) is 0 Å². The van der Waals surface area contributed by atoms with E-state index < -0.39 is 18.0 Å². The summed E-state index contributed by atoms with van der Waals surface area (Å²) < 4.78 is 9.67. The van der Waals surface area contributed by atoms with Gasteiger partial charge in [-0.05, 0) is 36.7 Å². The van der Waals surface area contributed by atoms with E-state index in [4.69, 9.17) is 9.47 Å². The zero-order valence-electron chi connectivity index (χ0n) is 13.6. The van der Waals surface area contributed by atoms with Crippen LogP contribution in [0.3, 0.4) is 0 Å². The summed E-state index contributed by atoms with van der Waals surface area (Å²) >= 11 is 2.52. The third kappa shape index (κ3) is 4.74. The highest BCUT2D eigenvalue weighted by Gasteiger charge is 2.28. The van der Waals surface area contributed by atoms with Crippen molar-refractivity contribution in [3.05, 3.63) is 44.8 Å². The quantitative estimate of drug-likeness (QED) is 0.429. The summed E-state index contributed by atoms with van der Waals surface area (Å²) in [6, 6.07) is 6.81. The average Bonchev–Trinajstić information content (AvgIpc) is 3.29. The Balaban J connectivity index is 2.46. The minimum atomic E-state index is -1.01. The van der Waals surface area contributed by atoms with Gasteiger partial charge in [-0.25, -0.2) is 9.59 Å². The molecule has 2 aromatic rings. The highest BCUT2D eigenvalue weighted by Crippen LogP contribution is 2.18. The second-order valence-electron chi connectivity index (χ2n) is 4.44. The van der Waals surface area contributed by atoms with E-state index in [1.54, 1.807) is 48.9 Å². The average molecular weight is 380 g/mol. The molecule has 25 heavy (non-hydrogen) atoms. The number of hydrogen-bond donors (Lipinski definition) is 0. The smallest absolute Gasteiger partial charge is 0.440 e. The molecule has 2 heterocycles. The van der Waals surface area contributed by atoms with E-state index in [0.29, 0.717) is 14.8 Å². The predicted octanol–water partition coefficient (Wildman–Crippen LogP) is 4.01. The number of ketones is 1. The number of imide groups is 1. The minimum Gasteiger partial charge on any atom is -0.448 e. The van der Waals surface area contributed by atoms with Crippen molar-refractivity contribution in [3.8, 4) is 0 Å². The number of ether oxygens (including phenoxy) is 2. The number of hydrogen-bond acceptors (Lipinski definition) is 8. The molecule has 2 rings (SSSR count). The minimum absolute atomic E-state index is 0.0291. The normalized spacial score (nSPS) is 11.0. The van der Waals surface area contributed by atoms with E-state index in [0.717, 1.165) is 0 Å². The first-order valence-electron chi connectivity index (χ1n) is 7.42. The van der Waals surface area contributed by atoms with Crippen molar-refractivity contribution >= 4 is 46.4 Å². The highest BCUT2D eigenvalue weighted by atomic mass is 32.1. The molecule has 0 spiro atoms. The standard InChI is InChI=1S/C16H16N2O5S2/c1-3-22-15(20)18(16(21)23-4-2)17-13(11-7-5-9-24-11)14(19)12-8-6-10-25-12/h5-10H,3-4H2,1-2H3/b17-13-. The molecular weight excluding hydrogens is 364 g/mol. The molecule has 0 bridgehead atoms. The van der Waals surface area contributed by atoms with Crippen LogP contribution in [0.1, 0.15) is 28.4 Å². The van der Waals surface area contributed by atoms with E-state index in [9.17, 15) is 14.4 Å². The van der Waals surface area contributed by atoms with Gasteiger partial charge < -0.3 is 9.47 Å². The van der Waals surface area contributed by atoms with Crippen molar-refractivity contribution < 1.29 is 23.9 Å². The number of carbonyl (C=O) groups is 3. The Labute approximate surface area is 152 Å². The van der Waals surface area contributed by atoms with Crippen molar-refractivity contribution in [2.24, 2.45) is 5.10 Å². The number of thiophene rings is 2. The lowest BCUT2D eigenvalue weighted by Gasteiger charge is -2.15. The van der Waals surface area contributed by atoms with Crippen LogP contribution in [0.4, 0.5) is 9.59 Å². The fraction of sp³-hybridized carbons (Fsp3) is 0.250. The van der Waals surface area contributed by atoms with E-state index >= 15 is 0 Å². The fourth-order valence-corrected chi connectivity index (χ4v) is 3.14. The van der Waals surface area contributed by atoms with Crippen LogP contribution >= 0.6 is 22.7 Å². The van der Waals surface area contributed by atoms with Crippen molar-refractivity contribution in [2.45, 2.75) is 13.8 Å². The van der Waals surface area contributed by atoms with Crippen LogP contribution in [-0.4, -0.2) is 41.9 Å². The zero-order valence-corrected chi connectivity index (χ0v) is 15.3. The van der Waals surface area contributed by atoms with Gasteiger partial charge >= 0.3 is 12.2 Å². The second-order valence-corrected chi connectivity index (χ2v) is 6.34. The SMILES string of the molecule is CCOC(=O)N(/N=C(\C(=O)c1cccs1)c1cccs1)C(=O)OCC. The van der Waals surface area contributed by atoms with Gasteiger partial charge in [-0.1, -0.05) is 17.1 Å². The zero-order chi connectivity index (χ0) is 18.2. The highest BCUT2D eigenvalue weighted by molar-refractivity contribution is 7.15. The van der Waals surface area contributed by atoms with Gasteiger partial charge in [0, 0.05) is 0 Å². The number of rotatable bonds is 6. The van der Waals surface area contributed by atoms with Gasteiger partial charge in [0.25, 0.3) is 0 Å². The van der Waals surface area contributed by atoms with E-state index in [2.05, 4.69) is 5.10 Å². The van der Waals surface area contributed by atoms with Crippen molar-refractivity contribution in [2.75, 3.05) is 13.2 Å². The van der Waals surface area contributed by atoms with Crippen LogP contribution in [0.25, 0.3) is 0 Å². The molecule has 0 aliphatic carbocycles. The molecule has 0 aliphatic rings. The molecule has 132 valence electrons. The molecule has 0 N–H and O–H groups in total. The molecule has 7 nitrogen and oxygen atoms in total. The third-order valence-corrected chi connectivity index (χ3v) is 4.54. The summed E-state index contributed by atoms with van der Waals surface area (Å²) in [5.41, 5.74) is -0.0291. The lowest BCUT2D eigenvalue weighted by Crippen LogP contribution is -2.35. The van der Waals surface area contributed by atoms with Gasteiger partial charge in [0.1, 0.15) is 0 Å². The van der Waals surface area contributed by atoms with Crippen LogP contribution < -0.4 is 0 Å². The molecule has 2 aromatic heterocycles. The maximum Gasteiger partial charge on any atom is 0.440 e. The van der Waals surface area contributed by atoms with Gasteiger partial charge in [0.05, 0.1) is 23.0 Å². The molecule has 0 radical (unpaired) electrons. The maximum atomic E-state index is 12.8. The monoisotopic (exact) mass is 380 g/mol. The molecular formula is C16H16N2O5S2. The van der Waals surface area contributed by atoms with Crippen LogP contribution in [0.15, 0.2) is 40.1 Å². The molecule has 0 unspecified atom stereocenters. The van der Waals surface area contributed by atoms with Crippen molar-refractivity contribution in [3.63, 3.8) is 0 Å². The van der Waals surface area contributed by atoms with Gasteiger partial charge in [0.15, 0.2) is 5.71 Å². The molecule has 0 fully saturated rings. The third-order valence-electron chi connectivity index (χ3n) is 2.80. The molecule has 0 saturated carbocycles. The van der Waals surface area contributed by atoms with Crippen LogP contribution in [-0.2, 0) is 9.47 Å². The molecule has 2 amide bonds. The summed E-state index contributed by atoms with van der Waals surface area (Å²) in [7, 11) is 0. The second kappa shape index (κ2) is 9.09. The van der Waals surface area contributed by atoms with E-state index in [1.165, 1.54) is 22.7 Å². The summed E-state index contributed by atoms with van der Waals surface area (Å²) in [6.45, 7) is 3.30. The summed E-state index contributed by atoms with van der Waals surface area (Å²) in [4.78, 5) is 37.9. The summed E-state index contributed by atoms with van der Waals surface area (Å²) in [5.74, 6) is -0.393. The molecule has 9 heteroatoms. The molecule has 0 aliphatic heterocycles. The first-order chi connectivity index (χ1) is 12.1. The predicted molar refractivity (Wildman–Crippen MR) is 95.4 cm³/mol. The van der Waals surface area contributed by atoms with Crippen molar-refractivity contribution in [1.29, 1.82) is 0 Å².